The van der Waals surface area contributed by atoms with Gasteiger partial charge >= 0.3 is 0 Å². The number of hydrogen-bond donors (Lipinski definition) is 1. The second-order valence-corrected chi connectivity index (χ2v) is 6.16. The van der Waals surface area contributed by atoms with Crippen molar-refractivity contribution in [1.29, 1.82) is 0 Å². The average molecular weight is 311 g/mol. The smallest absolute Gasteiger partial charge is 0.146 e. The van der Waals surface area contributed by atoms with E-state index in [2.05, 4.69) is 36.1 Å². The zero-order valence-corrected chi connectivity index (χ0v) is 12.1. The van der Waals surface area contributed by atoms with Gasteiger partial charge < -0.3 is 10.2 Å². The number of nitrogens with one attached hydrogen (secondary N) is 1. The highest BCUT2D eigenvalue weighted by Gasteiger charge is 2.25. The number of anilines is 1. The second-order valence-electron chi connectivity index (χ2n) is 5.31. The average Bonchev–Trinajstić information content (AvgIpc) is 3.22. The van der Waals surface area contributed by atoms with E-state index < -0.39 is 0 Å². The molecular weight excluding hydrogens is 292 g/mol. The summed E-state index contributed by atoms with van der Waals surface area (Å²) in [6.45, 7) is 3.39. The number of halogens is 1. The Morgan fingerprint density at radius 2 is 2.06 bits per heavy atom. The van der Waals surface area contributed by atoms with E-state index >= 15 is 0 Å². The van der Waals surface area contributed by atoms with Crippen LogP contribution in [0.2, 0.25) is 0 Å². The lowest BCUT2D eigenvalue weighted by Crippen LogP contribution is -2.43. The van der Waals surface area contributed by atoms with E-state index in [0.29, 0.717) is 6.04 Å². The Hall–Kier alpha value is -0.680. The molecule has 2 heterocycles. The van der Waals surface area contributed by atoms with Crippen LogP contribution in [0.3, 0.4) is 0 Å². The van der Waals surface area contributed by atoms with Crippen molar-refractivity contribution in [3.63, 3.8) is 0 Å². The number of hydrogen-bond acceptors (Lipinski definition) is 4. The minimum absolute atomic E-state index is 0.697. The summed E-state index contributed by atoms with van der Waals surface area (Å²) < 4.78 is 0.995. The summed E-state index contributed by atoms with van der Waals surface area (Å²) in [6.07, 6.45) is 8.73. The molecule has 4 nitrogen and oxygen atoms in total. The molecule has 1 N–H and O–H groups in total. The van der Waals surface area contributed by atoms with Crippen LogP contribution >= 0.6 is 15.9 Å². The van der Waals surface area contributed by atoms with Crippen molar-refractivity contribution in [1.82, 2.24) is 15.3 Å². The summed E-state index contributed by atoms with van der Waals surface area (Å²) in [5, 5.41) is 3.70. The summed E-state index contributed by atoms with van der Waals surface area (Å²) >= 11 is 3.52. The highest BCUT2D eigenvalue weighted by atomic mass is 79.9. The van der Waals surface area contributed by atoms with Crippen LogP contribution in [0.5, 0.6) is 0 Å². The van der Waals surface area contributed by atoms with Gasteiger partial charge in [0.05, 0.1) is 4.47 Å². The quantitative estimate of drug-likeness (QED) is 0.925. The maximum atomic E-state index is 4.36. The van der Waals surface area contributed by atoms with Gasteiger partial charge in [-0.25, -0.2) is 9.97 Å². The van der Waals surface area contributed by atoms with Crippen molar-refractivity contribution in [3.8, 4) is 0 Å². The lowest BCUT2D eigenvalue weighted by atomic mass is 10.0. The Balaban J connectivity index is 1.51. The molecule has 0 aromatic carbocycles. The zero-order valence-electron chi connectivity index (χ0n) is 10.5. The number of piperidine rings is 1. The van der Waals surface area contributed by atoms with Crippen molar-refractivity contribution in [3.05, 3.63) is 17.0 Å². The summed E-state index contributed by atoms with van der Waals surface area (Å²) in [7, 11) is 0. The van der Waals surface area contributed by atoms with Gasteiger partial charge in [-0.15, -0.1) is 0 Å². The van der Waals surface area contributed by atoms with Crippen molar-refractivity contribution in [2.45, 2.75) is 31.7 Å². The number of rotatable bonds is 4. The molecule has 0 spiro atoms. The molecule has 0 unspecified atom stereocenters. The topological polar surface area (TPSA) is 41.1 Å². The molecule has 2 aliphatic rings. The third kappa shape index (κ3) is 3.01. The molecule has 0 amide bonds. The molecule has 0 bridgehead atoms. The summed E-state index contributed by atoms with van der Waals surface area (Å²) in [5.74, 6) is 2.00. The van der Waals surface area contributed by atoms with Gasteiger partial charge in [0.25, 0.3) is 0 Å². The maximum Gasteiger partial charge on any atom is 0.146 e. The standard InChI is InChI=1S/C13H19BrN4/c14-12-8-15-9-17-13(12)18-5-3-11(4-6-18)16-7-10-1-2-10/h8-11,16H,1-7H2. The Morgan fingerprint density at radius 3 is 2.72 bits per heavy atom. The monoisotopic (exact) mass is 310 g/mol. The maximum absolute atomic E-state index is 4.36. The third-order valence-electron chi connectivity index (χ3n) is 3.83. The number of aromatic nitrogens is 2. The predicted molar refractivity (Wildman–Crippen MR) is 75.7 cm³/mol. The molecule has 5 heteroatoms. The SMILES string of the molecule is Brc1cncnc1N1CCC(NCC2CC2)CC1. The molecule has 1 saturated carbocycles. The fourth-order valence-corrected chi connectivity index (χ4v) is 2.96. The third-order valence-corrected chi connectivity index (χ3v) is 4.39. The molecule has 1 aromatic rings. The van der Waals surface area contributed by atoms with E-state index in [0.717, 1.165) is 29.3 Å². The first-order valence-electron chi connectivity index (χ1n) is 6.77. The van der Waals surface area contributed by atoms with Crippen molar-refractivity contribution in [2.24, 2.45) is 5.92 Å². The van der Waals surface area contributed by atoms with Crippen LogP contribution in [0.1, 0.15) is 25.7 Å². The van der Waals surface area contributed by atoms with Crippen LogP contribution in [0.15, 0.2) is 17.0 Å². The predicted octanol–water partition coefficient (Wildman–Crippen LogP) is 2.21. The van der Waals surface area contributed by atoms with Crippen molar-refractivity contribution >= 4 is 21.7 Å². The van der Waals surface area contributed by atoms with Crippen LogP contribution in [0.25, 0.3) is 0 Å². The van der Waals surface area contributed by atoms with Crippen molar-refractivity contribution in [2.75, 3.05) is 24.5 Å². The number of nitrogens with zero attached hydrogens (tertiary/aromatic N) is 3. The summed E-state index contributed by atoms with van der Waals surface area (Å²) in [4.78, 5) is 10.7. The zero-order chi connectivity index (χ0) is 12.4. The van der Waals surface area contributed by atoms with E-state index in [1.54, 1.807) is 6.33 Å². The van der Waals surface area contributed by atoms with Gasteiger partial charge in [0.15, 0.2) is 0 Å². The molecule has 18 heavy (non-hydrogen) atoms. The van der Waals surface area contributed by atoms with Crippen LogP contribution in [0.4, 0.5) is 5.82 Å². The highest BCUT2D eigenvalue weighted by molar-refractivity contribution is 9.10. The molecule has 98 valence electrons. The van der Waals surface area contributed by atoms with Gasteiger partial charge in [0, 0.05) is 25.3 Å². The van der Waals surface area contributed by atoms with Crippen LogP contribution < -0.4 is 10.2 Å². The lowest BCUT2D eigenvalue weighted by Gasteiger charge is -2.33. The summed E-state index contributed by atoms with van der Waals surface area (Å²) in [6, 6.07) is 0.697. The van der Waals surface area contributed by atoms with Gasteiger partial charge in [0.1, 0.15) is 12.1 Å². The fraction of sp³-hybridized carbons (Fsp3) is 0.692. The van der Waals surface area contributed by atoms with Gasteiger partial charge in [-0.3, -0.25) is 0 Å². The van der Waals surface area contributed by atoms with E-state index in [9.17, 15) is 0 Å². The van der Waals surface area contributed by atoms with Crippen LogP contribution in [0, 0.1) is 5.92 Å². The van der Waals surface area contributed by atoms with Crippen molar-refractivity contribution < 1.29 is 0 Å². The van der Waals surface area contributed by atoms with Crippen LogP contribution in [-0.4, -0.2) is 35.6 Å². The largest absolute Gasteiger partial charge is 0.355 e. The molecule has 1 aromatic heterocycles. The molecule has 1 aliphatic carbocycles. The van der Waals surface area contributed by atoms with E-state index in [-0.39, 0.29) is 0 Å². The minimum atomic E-state index is 0.697. The van der Waals surface area contributed by atoms with Gasteiger partial charge in [0.2, 0.25) is 0 Å². The van der Waals surface area contributed by atoms with Gasteiger partial charge in [-0.05, 0) is 54.1 Å². The first kappa shape index (κ1) is 12.4. The van der Waals surface area contributed by atoms with E-state index in [4.69, 9.17) is 0 Å². The molecule has 2 fully saturated rings. The highest BCUT2D eigenvalue weighted by Crippen LogP contribution is 2.29. The van der Waals surface area contributed by atoms with Gasteiger partial charge in [-0.2, -0.15) is 0 Å². The Bertz CT molecular complexity index is 400. The minimum Gasteiger partial charge on any atom is -0.355 e. The first-order chi connectivity index (χ1) is 8.83. The Morgan fingerprint density at radius 1 is 1.28 bits per heavy atom. The Labute approximate surface area is 116 Å². The lowest BCUT2D eigenvalue weighted by molar-refractivity contribution is 0.407. The summed E-state index contributed by atoms with van der Waals surface area (Å²) in [5.41, 5.74) is 0. The Kier molecular flexibility index (Phi) is 3.80. The normalized spacial score (nSPS) is 21.3. The van der Waals surface area contributed by atoms with E-state index in [1.807, 2.05) is 6.20 Å². The molecule has 3 rings (SSSR count). The molecule has 1 saturated heterocycles. The van der Waals surface area contributed by atoms with E-state index in [1.165, 1.54) is 32.2 Å². The molecular formula is C13H19BrN4. The van der Waals surface area contributed by atoms with Crippen LogP contribution in [-0.2, 0) is 0 Å². The fourth-order valence-electron chi connectivity index (χ4n) is 2.49. The second kappa shape index (κ2) is 5.53. The molecule has 0 atom stereocenters. The molecule has 0 radical (unpaired) electrons. The molecule has 1 aliphatic heterocycles. The van der Waals surface area contributed by atoms with Gasteiger partial charge in [-0.1, -0.05) is 0 Å². The first-order valence-corrected chi connectivity index (χ1v) is 7.56.